The molecule has 3 rings (SSSR count). The van der Waals surface area contributed by atoms with Crippen LogP contribution < -0.4 is 5.32 Å². The molecule has 1 saturated carbocycles. The lowest BCUT2D eigenvalue weighted by Crippen LogP contribution is -2.36. The van der Waals surface area contributed by atoms with Crippen molar-refractivity contribution in [3.05, 3.63) is 23.3 Å². The minimum Gasteiger partial charge on any atom is -0.349 e. The van der Waals surface area contributed by atoms with E-state index in [9.17, 15) is 18.0 Å². The van der Waals surface area contributed by atoms with Crippen LogP contribution in [0.1, 0.15) is 55.2 Å². The predicted octanol–water partition coefficient (Wildman–Crippen LogP) is 3.01. The number of rotatable bonds is 3. The molecule has 0 aromatic carbocycles. The van der Waals surface area contributed by atoms with E-state index in [1.165, 1.54) is 0 Å². The van der Waals surface area contributed by atoms with E-state index in [-0.39, 0.29) is 18.9 Å². The number of alkyl halides is 3. The van der Waals surface area contributed by atoms with Gasteiger partial charge in [-0.1, -0.05) is 0 Å². The molecule has 7 heteroatoms. The van der Waals surface area contributed by atoms with E-state index in [1.807, 2.05) is 0 Å². The number of nitrogens with one attached hydrogen (secondary N) is 1. The SMILES string of the molecule is Cc1ncc2c(n1)CCCC2NC(=O)CC1(C(F)(F)F)CC1. The fraction of sp³-hybridized carbons (Fsp3) is 0.667. The number of nitrogens with zero attached hydrogens (tertiary/aromatic N) is 2. The summed E-state index contributed by atoms with van der Waals surface area (Å²) in [4.78, 5) is 20.5. The number of carbonyl (C=O) groups excluding carboxylic acids is 1. The van der Waals surface area contributed by atoms with E-state index in [0.717, 1.165) is 24.1 Å². The minimum atomic E-state index is -4.30. The Balaban J connectivity index is 1.69. The summed E-state index contributed by atoms with van der Waals surface area (Å²) in [6, 6.07) is -0.277. The zero-order chi connectivity index (χ0) is 16.0. The molecule has 1 fully saturated rings. The molecule has 1 aromatic heterocycles. The Hall–Kier alpha value is -1.66. The molecule has 2 aliphatic carbocycles. The number of hydrogen-bond donors (Lipinski definition) is 1. The average Bonchev–Trinajstić information content (AvgIpc) is 3.19. The maximum atomic E-state index is 12.9. The summed E-state index contributed by atoms with van der Waals surface area (Å²) in [5.74, 6) is 0.132. The Morgan fingerprint density at radius 3 is 2.82 bits per heavy atom. The van der Waals surface area contributed by atoms with Gasteiger partial charge in [0.1, 0.15) is 5.82 Å². The summed E-state index contributed by atoms with van der Waals surface area (Å²) in [5.41, 5.74) is -0.0682. The van der Waals surface area contributed by atoms with Gasteiger partial charge in [-0.2, -0.15) is 13.2 Å². The summed E-state index contributed by atoms with van der Waals surface area (Å²) < 4.78 is 38.8. The first-order valence-corrected chi connectivity index (χ1v) is 7.49. The van der Waals surface area contributed by atoms with Crippen molar-refractivity contribution in [1.29, 1.82) is 0 Å². The van der Waals surface area contributed by atoms with Gasteiger partial charge in [0, 0.05) is 23.9 Å². The largest absolute Gasteiger partial charge is 0.395 e. The van der Waals surface area contributed by atoms with Crippen LogP contribution >= 0.6 is 0 Å². The fourth-order valence-electron chi connectivity index (χ4n) is 3.06. The lowest BCUT2D eigenvalue weighted by Gasteiger charge is -2.26. The third kappa shape index (κ3) is 2.80. The predicted molar refractivity (Wildman–Crippen MR) is 72.9 cm³/mol. The molecule has 1 N–H and O–H groups in total. The zero-order valence-corrected chi connectivity index (χ0v) is 12.3. The number of amides is 1. The lowest BCUT2D eigenvalue weighted by atomic mass is 9.91. The Labute approximate surface area is 126 Å². The third-order valence-corrected chi connectivity index (χ3v) is 4.59. The van der Waals surface area contributed by atoms with Crippen molar-refractivity contribution < 1.29 is 18.0 Å². The Morgan fingerprint density at radius 2 is 2.18 bits per heavy atom. The van der Waals surface area contributed by atoms with Crippen molar-refractivity contribution in [1.82, 2.24) is 15.3 Å². The normalized spacial score (nSPS) is 22.8. The molecule has 0 spiro atoms. The van der Waals surface area contributed by atoms with Crippen LogP contribution in [-0.2, 0) is 11.2 Å². The Bertz CT molecular complexity index is 596. The van der Waals surface area contributed by atoms with Gasteiger partial charge in [0.15, 0.2) is 0 Å². The first-order valence-electron chi connectivity index (χ1n) is 7.49. The third-order valence-electron chi connectivity index (χ3n) is 4.59. The van der Waals surface area contributed by atoms with Crippen LogP contribution in [0.5, 0.6) is 0 Å². The van der Waals surface area contributed by atoms with Gasteiger partial charge < -0.3 is 5.32 Å². The second-order valence-electron chi connectivity index (χ2n) is 6.29. The van der Waals surface area contributed by atoms with Crippen molar-refractivity contribution in [2.75, 3.05) is 0 Å². The first kappa shape index (κ1) is 15.2. The monoisotopic (exact) mass is 313 g/mol. The maximum absolute atomic E-state index is 12.9. The molecule has 0 radical (unpaired) electrons. The van der Waals surface area contributed by atoms with Crippen LogP contribution in [0.25, 0.3) is 0 Å². The van der Waals surface area contributed by atoms with E-state index in [0.29, 0.717) is 12.2 Å². The topological polar surface area (TPSA) is 54.9 Å². The molecule has 0 saturated heterocycles. The molecule has 1 aromatic rings. The van der Waals surface area contributed by atoms with E-state index in [1.54, 1.807) is 13.1 Å². The molecular formula is C15H18F3N3O. The van der Waals surface area contributed by atoms with Gasteiger partial charge in [0.2, 0.25) is 5.91 Å². The summed E-state index contributed by atoms with van der Waals surface area (Å²) in [6.45, 7) is 1.79. The van der Waals surface area contributed by atoms with E-state index in [4.69, 9.17) is 0 Å². The second kappa shape index (κ2) is 5.21. The van der Waals surface area contributed by atoms with Crippen LogP contribution in [0.15, 0.2) is 6.20 Å². The van der Waals surface area contributed by atoms with Crippen molar-refractivity contribution >= 4 is 5.91 Å². The first-order chi connectivity index (χ1) is 10.3. The van der Waals surface area contributed by atoms with Gasteiger partial charge in [0.25, 0.3) is 0 Å². The molecule has 1 heterocycles. The number of fused-ring (bicyclic) bond motifs is 1. The molecule has 1 amide bonds. The van der Waals surface area contributed by atoms with Crippen molar-refractivity contribution in [3.63, 3.8) is 0 Å². The van der Waals surface area contributed by atoms with Crippen LogP contribution in [0.3, 0.4) is 0 Å². The quantitative estimate of drug-likeness (QED) is 0.933. The average molecular weight is 313 g/mol. The molecule has 120 valence electrons. The molecular weight excluding hydrogens is 295 g/mol. The molecule has 1 unspecified atom stereocenters. The summed E-state index contributed by atoms with van der Waals surface area (Å²) in [7, 11) is 0. The Morgan fingerprint density at radius 1 is 1.45 bits per heavy atom. The molecule has 0 aliphatic heterocycles. The number of carbonyl (C=O) groups is 1. The molecule has 1 atom stereocenters. The Kier molecular flexibility index (Phi) is 3.61. The highest BCUT2D eigenvalue weighted by molar-refractivity contribution is 5.77. The second-order valence-corrected chi connectivity index (χ2v) is 6.29. The number of aromatic nitrogens is 2. The molecule has 0 bridgehead atoms. The zero-order valence-electron chi connectivity index (χ0n) is 12.3. The molecule has 2 aliphatic rings. The van der Waals surface area contributed by atoms with Gasteiger partial charge in [-0.25, -0.2) is 9.97 Å². The highest BCUT2D eigenvalue weighted by Crippen LogP contribution is 2.59. The lowest BCUT2D eigenvalue weighted by molar-refractivity contribution is -0.190. The minimum absolute atomic E-state index is 0.0491. The van der Waals surface area contributed by atoms with Crippen molar-refractivity contribution in [2.45, 2.75) is 57.7 Å². The summed E-state index contributed by atoms with van der Waals surface area (Å²) >= 11 is 0. The van der Waals surface area contributed by atoms with Gasteiger partial charge in [-0.3, -0.25) is 4.79 Å². The van der Waals surface area contributed by atoms with Crippen LogP contribution in [0, 0.1) is 12.3 Å². The van der Waals surface area contributed by atoms with Crippen molar-refractivity contribution in [3.8, 4) is 0 Å². The van der Waals surface area contributed by atoms with Gasteiger partial charge in [-0.15, -0.1) is 0 Å². The van der Waals surface area contributed by atoms with Gasteiger partial charge in [0.05, 0.1) is 11.5 Å². The highest BCUT2D eigenvalue weighted by Gasteiger charge is 2.63. The van der Waals surface area contributed by atoms with Gasteiger partial charge in [-0.05, 0) is 39.0 Å². The molecule has 4 nitrogen and oxygen atoms in total. The smallest absolute Gasteiger partial charge is 0.349 e. The number of aryl methyl sites for hydroxylation is 2. The molecule has 22 heavy (non-hydrogen) atoms. The van der Waals surface area contributed by atoms with Crippen molar-refractivity contribution in [2.24, 2.45) is 5.41 Å². The van der Waals surface area contributed by atoms with Gasteiger partial charge >= 0.3 is 6.18 Å². The fourth-order valence-corrected chi connectivity index (χ4v) is 3.06. The number of halogens is 3. The highest BCUT2D eigenvalue weighted by atomic mass is 19.4. The van der Waals surface area contributed by atoms with Crippen LogP contribution in [-0.4, -0.2) is 22.1 Å². The van der Waals surface area contributed by atoms with Crippen LogP contribution in [0.4, 0.5) is 13.2 Å². The van der Waals surface area contributed by atoms with E-state index >= 15 is 0 Å². The van der Waals surface area contributed by atoms with E-state index in [2.05, 4.69) is 15.3 Å². The summed E-state index contributed by atoms with van der Waals surface area (Å²) in [6.07, 6.45) is -0.607. The van der Waals surface area contributed by atoms with Crippen LogP contribution in [0.2, 0.25) is 0 Å². The summed E-state index contributed by atoms with van der Waals surface area (Å²) in [5, 5.41) is 2.74. The maximum Gasteiger partial charge on any atom is 0.395 e. The number of hydrogen-bond acceptors (Lipinski definition) is 3. The van der Waals surface area contributed by atoms with E-state index < -0.39 is 23.9 Å². The standard InChI is InChI=1S/C15H18F3N3O/c1-9-19-8-10-11(20-9)3-2-4-12(10)21-13(22)7-14(5-6-14)15(16,17)18/h8,12H,2-7H2,1H3,(H,21,22).